The number of aromatic nitrogens is 1. The number of hydrogen-bond donors (Lipinski definition) is 2. The van der Waals surface area contributed by atoms with Crippen LogP contribution in [0.1, 0.15) is 55.6 Å². The predicted octanol–water partition coefficient (Wildman–Crippen LogP) is 2.44. The molecule has 20 heavy (non-hydrogen) atoms. The number of hydrogen-bond acceptors (Lipinski definition) is 2. The first-order valence-electron chi connectivity index (χ1n) is 7.31. The van der Waals surface area contributed by atoms with Crippen LogP contribution in [-0.2, 0) is 4.79 Å². The average Bonchev–Trinajstić information content (AvgIpc) is 2.80. The van der Waals surface area contributed by atoms with Crippen molar-refractivity contribution in [3.8, 4) is 0 Å². The lowest BCUT2D eigenvalue weighted by Gasteiger charge is -2.28. The zero-order valence-electron chi connectivity index (χ0n) is 11.8. The predicted molar refractivity (Wildman–Crippen MR) is 75.7 cm³/mol. The molecule has 2 rings (SSSR count). The Morgan fingerprint density at radius 3 is 2.80 bits per heavy atom. The van der Waals surface area contributed by atoms with Crippen LogP contribution in [-0.4, -0.2) is 28.1 Å². The van der Waals surface area contributed by atoms with Crippen LogP contribution >= 0.6 is 0 Å². The highest BCUT2D eigenvalue weighted by atomic mass is 16.4. The largest absolute Gasteiger partial charge is 0.481 e. The van der Waals surface area contributed by atoms with Crippen LogP contribution in [0.25, 0.3) is 0 Å². The lowest BCUT2D eigenvalue weighted by molar-refractivity contribution is -0.141. The van der Waals surface area contributed by atoms with E-state index in [9.17, 15) is 9.59 Å². The van der Waals surface area contributed by atoms with E-state index in [0.717, 1.165) is 19.3 Å². The van der Waals surface area contributed by atoms with Gasteiger partial charge in [0.15, 0.2) is 0 Å². The minimum atomic E-state index is -0.846. The first kappa shape index (κ1) is 14.6. The fourth-order valence-electron chi connectivity index (χ4n) is 2.54. The minimum absolute atomic E-state index is 0.177. The third-order valence-electron chi connectivity index (χ3n) is 3.98. The van der Waals surface area contributed by atoms with Crippen molar-refractivity contribution >= 4 is 11.9 Å². The molecule has 1 atom stereocenters. The molecule has 1 aliphatic carbocycles. The van der Waals surface area contributed by atoms with Gasteiger partial charge in [0, 0.05) is 18.8 Å². The molecule has 0 bridgehead atoms. The fourth-order valence-corrected chi connectivity index (χ4v) is 2.54. The third-order valence-corrected chi connectivity index (χ3v) is 3.98. The molecule has 0 radical (unpaired) electrons. The summed E-state index contributed by atoms with van der Waals surface area (Å²) in [5.74, 6) is -1.53. The molecule has 5 heteroatoms. The highest BCUT2D eigenvalue weighted by Gasteiger charge is 2.24. The van der Waals surface area contributed by atoms with Crippen LogP contribution in [0.5, 0.6) is 0 Å². The van der Waals surface area contributed by atoms with Gasteiger partial charge in [0.05, 0.1) is 5.92 Å². The normalized spacial score (nSPS) is 16.4. The van der Waals surface area contributed by atoms with E-state index >= 15 is 0 Å². The Morgan fingerprint density at radius 1 is 1.50 bits per heavy atom. The van der Waals surface area contributed by atoms with Gasteiger partial charge in [-0.3, -0.25) is 9.59 Å². The first-order chi connectivity index (χ1) is 9.63. The van der Waals surface area contributed by atoms with E-state index < -0.39 is 11.9 Å². The van der Waals surface area contributed by atoms with Crippen LogP contribution < -0.4 is 5.32 Å². The van der Waals surface area contributed by atoms with Gasteiger partial charge in [0.25, 0.3) is 5.91 Å². The maximum atomic E-state index is 12.2. The molecule has 0 aromatic carbocycles. The highest BCUT2D eigenvalue weighted by molar-refractivity contribution is 5.93. The Balaban J connectivity index is 1.94. The molecule has 1 heterocycles. The maximum Gasteiger partial charge on any atom is 0.308 e. The smallest absolute Gasteiger partial charge is 0.308 e. The summed E-state index contributed by atoms with van der Waals surface area (Å²) < 4.78 is 2.01. The van der Waals surface area contributed by atoms with E-state index in [1.54, 1.807) is 6.07 Å². The van der Waals surface area contributed by atoms with Gasteiger partial charge in [-0.15, -0.1) is 0 Å². The number of carboxylic acids is 1. The quantitative estimate of drug-likeness (QED) is 0.804. The van der Waals surface area contributed by atoms with Crippen molar-refractivity contribution in [3.05, 3.63) is 24.0 Å². The summed E-state index contributed by atoms with van der Waals surface area (Å²) in [7, 11) is 0. The van der Waals surface area contributed by atoms with Crippen molar-refractivity contribution in [3.63, 3.8) is 0 Å². The van der Waals surface area contributed by atoms with Gasteiger partial charge in [0.2, 0.25) is 0 Å². The van der Waals surface area contributed by atoms with Gasteiger partial charge in [-0.25, -0.2) is 0 Å². The molecule has 1 fully saturated rings. The second kappa shape index (κ2) is 6.59. The number of amides is 1. The first-order valence-corrected chi connectivity index (χ1v) is 7.31. The van der Waals surface area contributed by atoms with Crippen LogP contribution in [0, 0.1) is 5.92 Å². The maximum absolute atomic E-state index is 12.2. The zero-order valence-corrected chi connectivity index (χ0v) is 11.8. The van der Waals surface area contributed by atoms with Crippen molar-refractivity contribution in [2.75, 3.05) is 6.54 Å². The summed E-state index contributed by atoms with van der Waals surface area (Å²) >= 11 is 0. The van der Waals surface area contributed by atoms with E-state index in [2.05, 4.69) is 5.32 Å². The molecular formula is C15H22N2O3. The van der Waals surface area contributed by atoms with Gasteiger partial charge in [-0.05, 0) is 37.8 Å². The Morgan fingerprint density at radius 2 is 2.25 bits per heavy atom. The second-order valence-electron chi connectivity index (χ2n) is 5.42. The Labute approximate surface area is 119 Å². The summed E-state index contributed by atoms with van der Waals surface area (Å²) in [6.45, 7) is 2.14. The molecule has 1 aromatic rings. The average molecular weight is 278 g/mol. The molecule has 0 saturated heterocycles. The highest BCUT2D eigenvalue weighted by Crippen LogP contribution is 2.32. The minimum Gasteiger partial charge on any atom is -0.481 e. The topological polar surface area (TPSA) is 71.3 Å². The van der Waals surface area contributed by atoms with Crippen molar-refractivity contribution in [2.24, 2.45) is 5.92 Å². The van der Waals surface area contributed by atoms with Gasteiger partial charge in [0.1, 0.15) is 5.69 Å². The Hall–Kier alpha value is -1.78. The number of rotatable bonds is 7. The van der Waals surface area contributed by atoms with Crippen molar-refractivity contribution < 1.29 is 14.7 Å². The SMILES string of the molecule is CCCC(CNC(=O)c1cccn1C1CCC1)C(=O)O. The zero-order chi connectivity index (χ0) is 14.5. The molecular weight excluding hydrogens is 256 g/mol. The van der Waals surface area contributed by atoms with Gasteiger partial charge in [-0.2, -0.15) is 0 Å². The van der Waals surface area contributed by atoms with E-state index in [4.69, 9.17) is 5.11 Å². The van der Waals surface area contributed by atoms with Crippen molar-refractivity contribution in [1.82, 2.24) is 9.88 Å². The molecule has 1 unspecified atom stereocenters. The van der Waals surface area contributed by atoms with E-state index in [-0.39, 0.29) is 12.5 Å². The molecule has 1 amide bonds. The number of nitrogens with zero attached hydrogens (tertiary/aromatic N) is 1. The second-order valence-corrected chi connectivity index (χ2v) is 5.42. The monoisotopic (exact) mass is 278 g/mol. The number of carbonyl (C=O) groups is 2. The Kier molecular flexibility index (Phi) is 4.82. The van der Waals surface area contributed by atoms with Crippen LogP contribution in [0.15, 0.2) is 18.3 Å². The molecule has 0 spiro atoms. The molecule has 5 nitrogen and oxygen atoms in total. The van der Waals surface area contributed by atoms with Crippen molar-refractivity contribution in [1.29, 1.82) is 0 Å². The standard InChI is InChI=1S/C15H22N2O3/c1-2-5-11(15(19)20)10-16-14(18)13-8-4-9-17(13)12-6-3-7-12/h4,8-9,11-12H,2-3,5-7,10H2,1H3,(H,16,18)(H,19,20). The number of carbonyl (C=O) groups excluding carboxylic acids is 1. The summed E-state index contributed by atoms with van der Waals surface area (Å²) in [4.78, 5) is 23.2. The molecule has 1 aliphatic rings. The van der Waals surface area contributed by atoms with E-state index in [0.29, 0.717) is 18.2 Å². The molecule has 110 valence electrons. The Bertz CT molecular complexity index is 477. The number of nitrogens with one attached hydrogen (secondary N) is 1. The van der Waals surface area contributed by atoms with Crippen LogP contribution in [0.2, 0.25) is 0 Å². The lowest BCUT2D eigenvalue weighted by Crippen LogP contribution is -2.34. The summed E-state index contributed by atoms with van der Waals surface area (Å²) in [5.41, 5.74) is 0.635. The van der Waals surface area contributed by atoms with Crippen LogP contribution in [0.3, 0.4) is 0 Å². The summed E-state index contributed by atoms with van der Waals surface area (Å²) in [6, 6.07) is 4.09. The molecule has 0 aliphatic heterocycles. The summed E-state index contributed by atoms with van der Waals surface area (Å²) in [5, 5.41) is 11.8. The van der Waals surface area contributed by atoms with Crippen LogP contribution in [0.4, 0.5) is 0 Å². The van der Waals surface area contributed by atoms with E-state index in [1.165, 1.54) is 6.42 Å². The number of carboxylic acid groups (broad SMARTS) is 1. The van der Waals surface area contributed by atoms with Gasteiger partial charge >= 0.3 is 5.97 Å². The third kappa shape index (κ3) is 3.21. The fraction of sp³-hybridized carbons (Fsp3) is 0.600. The molecule has 1 saturated carbocycles. The van der Waals surface area contributed by atoms with Gasteiger partial charge in [-0.1, -0.05) is 13.3 Å². The lowest BCUT2D eigenvalue weighted by atomic mass is 9.93. The van der Waals surface area contributed by atoms with E-state index in [1.807, 2.05) is 23.8 Å². The molecule has 1 aromatic heterocycles. The van der Waals surface area contributed by atoms with Crippen molar-refractivity contribution in [2.45, 2.75) is 45.1 Å². The number of aliphatic carboxylic acids is 1. The van der Waals surface area contributed by atoms with Gasteiger partial charge < -0.3 is 15.0 Å². The molecule has 2 N–H and O–H groups in total. The summed E-state index contributed by atoms with van der Waals surface area (Å²) in [6.07, 6.45) is 6.75.